The molecule has 174 valence electrons. The van der Waals surface area contributed by atoms with Gasteiger partial charge in [0.25, 0.3) is 5.91 Å². The summed E-state index contributed by atoms with van der Waals surface area (Å²) in [5, 5.41) is 12.6. The molecule has 1 aliphatic rings. The molecule has 0 radical (unpaired) electrons. The van der Waals surface area contributed by atoms with Crippen LogP contribution in [0.15, 0.2) is 55.0 Å². The third-order valence-corrected chi connectivity index (χ3v) is 5.15. The lowest BCUT2D eigenvalue weighted by molar-refractivity contribution is -0.274. The first-order valence-electron chi connectivity index (χ1n) is 10.2. The van der Waals surface area contributed by atoms with Gasteiger partial charge in [0.15, 0.2) is 0 Å². The van der Waals surface area contributed by atoms with E-state index >= 15 is 0 Å². The zero-order valence-electron chi connectivity index (χ0n) is 17.7. The number of aromatic nitrogens is 2. The minimum Gasteiger partial charge on any atom is -0.406 e. The summed E-state index contributed by atoms with van der Waals surface area (Å²) in [5.41, 5.74) is 2.33. The van der Waals surface area contributed by atoms with Crippen LogP contribution >= 0.6 is 0 Å². The highest BCUT2D eigenvalue weighted by Crippen LogP contribution is 2.32. The zero-order chi connectivity index (χ0) is 24.3. The Hall–Kier alpha value is -4.10. The predicted molar refractivity (Wildman–Crippen MR) is 119 cm³/mol. The Morgan fingerprint density at radius 3 is 2.62 bits per heavy atom. The van der Waals surface area contributed by atoms with Gasteiger partial charge in [0, 0.05) is 54.1 Å². The van der Waals surface area contributed by atoms with Gasteiger partial charge in [0.05, 0.1) is 11.7 Å². The number of alkyl halides is 3. The van der Waals surface area contributed by atoms with Gasteiger partial charge >= 0.3 is 6.36 Å². The van der Waals surface area contributed by atoms with E-state index in [4.69, 9.17) is 6.42 Å². The van der Waals surface area contributed by atoms with Crippen LogP contribution in [0.5, 0.6) is 5.75 Å². The molecule has 0 saturated carbocycles. The van der Waals surface area contributed by atoms with Gasteiger partial charge in [-0.05, 0) is 42.8 Å². The summed E-state index contributed by atoms with van der Waals surface area (Å²) in [6.45, 7) is 1.00. The Labute approximate surface area is 193 Å². The molecule has 0 unspecified atom stereocenters. The van der Waals surface area contributed by atoms with E-state index in [0.717, 1.165) is 12.1 Å². The monoisotopic (exact) mass is 468 g/mol. The van der Waals surface area contributed by atoms with E-state index < -0.39 is 24.1 Å². The smallest absolute Gasteiger partial charge is 0.406 e. The Kier molecular flexibility index (Phi) is 6.38. The van der Waals surface area contributed by atoms with Crippen molar-refractivity contribution < 1.29 is 27.8 Å². The molecule has 34 heavy (non-hydrogen) atoms. The number of aliphatic hydroxyl groups is 1. The van der Waals surface area contributed by atoms with Crippen LogP contribution in [0.2, 0.25) is 0 Å². The van der Waals surface area contributed by atoms with Gasteiger partial charge < -0.3 is 20.1 Å². The van der Waals surface area contributed by atoms with Crippen LogP contribution in [0.3, 0.4) is 0 Å². The molecule has 1 saturated heterocycles. The second-order valence-electron chi connectivity index (χ2n) is 7.62. The van der Waals surface area contributed by atoms with Crippen LogP contribution in [0, 0.1) is 12.3 Å². The molecule has 1 amide bonds. The van der Waals surface area contributed by atoms with Crippen molar-refractivity contribution >= 4 is 17.4 Å². The van der Waals surface area contributed by atoms with Gasteiger partial charge in [-0.2, -0.15) is 0 Å². The van der Waals surface area contributed by atoms with Crippen LogP contribution in [0.4, 0.5) is 24.7 Å². The maximum absolute atomic E-state index is 12.9. The standard InChI is InChI=1S/C24H19F3N4O3/c1-2-15-9-16(12-28-11-15)21-10-17(13-29-22(21)31-8-7-19(32)14-31)23(33)30-18-3-5-20(6-4-18)34-24(25,26)27/h1,3-6,9-13,19,32H,7-8,14H2,(H,30,33)/t19-/m1/s1. The number of benzene rings is 1. The number of amides is 1. The first kappa shape index (κ1) is 23.1. The fourth-order valence-electron chi connectivity index (χ4n) is 3.59. The molecule has 2 aromatic heterocycles. The summed E-state index contributed by atoms with van der Waals surface area (Å²) >= 11 is 0. The average Bonchev–Trinajstić information content (AvgIpc) is 3.25. The molecule has 1 aromatic carbocycles. The number of nitrogens with one attached hydrogen (secondary N) is 1. The number of hydrogen-bond acceptors (Lipinski definition) is 6. The Morgan fingerprint density at radius 1 is 1.21 bits per heavy atom. The molecule has 0 bridgehead atoms. The van der Waals surface area contributed by atoms with Crippen molar-refractivity contribution in [2.24, 2.45) is 0 Å². The van der Waals surface area contributed by atoms with Gasteiger partial charge in [-0.3, -0.25) is 9.78 Å². The van der Waals surface area contributed by atoms with E-state index in [1.807, 2.05) is 4.90 Å². The van der Waals surface area contributed by atoms with Gasteiger partial charge in [-0.15, -0.1) is 19.6 Å². The summed E-state index contributed by atoms with van der Waals surface area (Å²) in [6.07, 6.45) is 5.37. The highest BCUT2D eigenvalue weighted by Gasteiger charge is 2.31. The Balaban J connectivity index is 1.62. The average molecular weight is 468 g/mol. The van der Waals surface area contributed by atoms with E-state index in [1.54, 1.807) is 24.5 Å². The summed E-state index contributed by atoms with van der Waals surface area (Å²) in [5.74, 6) is 2.20. The van der Waals surface area contributed by atoms with Crippen LogP contribution in [0.25, 0.3) is 11.1 Å². The number of rotatable bonds is 5. The number of nitrogens with zero attached hydrogens (tertiary/aromatic N) is 3. The number of halogens is 3. The Bertz CT molecular complexity index is 1240. The van der Waals surface area contributed by atoms with Crippen LogP contribution in [-0.2, 0) is 0 Å². The van der Waals surface area contributed by atoms with Gasteiger partial charge in [-0.1, -0.05) is 5.92 Å². The lowest BCUT2D eigenvalue weighted by Crippen LogP contribution is -2.23. The fourth-order valence-corrected chi connectivity index (χ4v) is 3.59. The molecule has 1 atom stereocenters. The molecule has 1 aliphatic heterocycles. The number of hydrogen-bond donors (Lipinski definition) is 2. The van der Waals surface area contributed by atoms with Crippen LogP contribution in [-0.4, -0.2) is 46.5 Å². The summed E-state index contributed by atoms with van der Waals surface area (Å²) in [6, 6.07) is 8.19. The van der Waals surface area contributed by atoms with Crippen molar-refractivity contribution in [1.82, 2.24) is 9.97 Å². The molecule has 4 rings (SSSR count). The van der Waals surface area contributed by atoms with Crippen LogP contribution in [0.1, 0.15) is 22.3 Å². The quantitative estimate of drug-likeness (QED) is 0.554. The van der Waals surface area contributed by atoms with Crippen molar-refractivity contribution in [3.8, 4) is 29.2 Å². The minimum absolute atomic E-state index is 0.222. The molecule has 2 N–H and O–H groups in total. The number of ether oxygens (including phenoxy) is 1. The summed E-state index contributed by atoms with van der Waals surface area (Å²) in [7, 11) is 0. The van der Waals surface area contributed by atoms with E-state index in [-0.39, 0.29) is 11.3 Å². The number of carbonyl (C=O) groups excluding carboxylic acids is 1. The SMILES string of the molecule is C#Cc1cncc(-c2cc(C(=O)Nc3ccc(OC(F)(F)F)cc3)cnc2N2CC[C@@H](O)C2)c1. The largest absolute Gasteiger partial charge is 0.573 e. The number of terminal acetylenes is 1. The van der Waals surface area contributed by atoms with Crippen molar-refractivity contribution in [2.75, 3.05) is 23.3 Å². The fraction of sp³-hybridized carbons (Fsp3) is 0.208. The zero-order valence-corrected chi connectivity index (χ0v) is 17.7. The number of pyridine rings is 2. The second kappa shape index (κ2) is 9.41. The van der Waals surface area contributed by atoms with Crippen molar-refractivity contribution in [3.63, 3.8) is 0 Å². The van der Waals surface area contributed by atoms with E-state index in [0.29, 0.717) is 42.0 Å². The number of carbonyl (C=O) groups is 1. The lowest BCUT2D eigenvalue weighted by atomic mass is 10.0. The van der Waals surface area contributed by atoms with Crippen LogP contribution < -0.4 is 15.0 Å². The molecular weight excluding hydrogens is 449 g/mol. The van der Waals surface area contributed by atoms with Crippen molar-refractivity contribution in [3.05, 3.63) is 66.1 Å². The molecular formula is C24H19F3N4O3. The first-order chi connectivity index (χ1) is 16.2. The topological polar surface area (TPSA) is 87.6 Å². The Morgan fingerprint density at radius 2 is 1.97 bits per heavy atom. The van der Waals surface area contributed by atoms with E-state index in [1.165, 1.54) is 18.3 Å². The number of anilines is 2. The molecule has 7 nitrogen and oxygen atoms in total. The predicted octanol–water partition coefficient (Wildman–Crippen LogP) is 3.85. The van der Waals surface area contributed by atoms with Gasteiger partial charge in [0.1, 0.15) is 11.6 Å². The van der Waals surface area contributed by atoms with E-state index in [9.17, 15) is 23.1 Å². The summed E-state index contributed by atoms with van der Waals surface area (Å²) < 4.78 is 40.8. The third-order valence-electron chi connectivity index (χ3n) is 5.15. The molecule has 3 aromatic rings. The molecule has 3 heterocycles. The highest BCUT2D eigenvalue weighted by molar-refractivity contribution is 6.05. The second-order valence-corrected chi connectivity index (χ2v) is 7.62. The molecule has 0 aliphatic carbocycles. The first-order valence-corrected chi connectivity index (χ1v) is 10.2. The van der Waals surface area contributed by atoms with E-state index in [2.05, 4.69) is 25.9 Å². The number of aliphatic hydroxyl groups excluding tert-OH is 1. The summed E-state index contributed by atoms with van der Waals surface area (Å²) in [4.78, 5) is 23.4. The van der Waals surface area contributed by atoms with Gasteiger partial charge in [-0.25, -0.2) is 4.98 Å². The maximum atomic E-state index is 12.9. The maximum Gasteiger partial charge on any atom is 0.573 e. The lowest BCUT2D eigenvalue weighted by Gasteiger charge is -2.21. The van der Waals surface area contributed by atoms with Crippen molar-refractivity contribution in [1.29, 1.82) is 0 Å². The number of β-amino-alcohol motifs (C(OH)–C–C–N with tert-alkyl or cyclic N) is 1. The minimum atomic E-state index is -4.80. The third kappa shape index (κ3) is 5.44. The highest BCUT2D eigenvalue weighted by atomic mass is 19.4. The molecule has 10 heteroatoms. The molecule has 1 fully saturated rings. The van der Waals surface area contributed by atoms with Gasteiger partial charge in [0.2, 0.25) is 0 Å². The molecule has 0 spiro atoms. The van der Waals surface area contributed by atoms with Crippen molar-refractivity contribution in [2.45, 2.75) is 18.9 Å². The normalized spacial score (nSPS) is 15.6.